The van der Waals surface area contributed by atoms with Gasteiger partial charge < -0.3 is 10.3 Å². The normalized spacial score (nSPS) is 17.8. The number of aromatic nitrogens is 3. The number of fused-ring (bicyclic) bond motifs is 1. The van der Waals surface area contributed by atoms with Gasteiger partial charge in [0.05, 0.1) is 28.9 Å². The van der Waals surface area contributed by atoms with Crippen LogP contribution in [0.4, 0.5) is 11.5 Å². The van der Waals surface area contributed by atoms with Gasteiger partial charge in [-0.3, -0.25) is 9.48 Å². The van der Waals surface area contributed by atoms with Gasteiger partial charge in [0.15, 0.2) is 5.82 Å². The molecule has 2 aromatic heterocycles. The Bertz CT molecular complexity index is 1410. The van der Waals surface area contributed by atoms with Gasteiger partial charge in [0.2, 0.25) is 10.0 Å². The molecule has 0 spiro atoms. The molecule has 9 nitrogen and oxygen atoms in total. The van der Waals surface area contributed by atoms with Gasteiger partial charge in [0, 0.05) is 25.0 Å². The molecule has 2 aliphatic rings. The smallest absolute Gasteiger partial charge is 0.261 e. The Morgan fingerprint density at radius 2 is 2.03 bits per heavy atom. The number of nitrogens with one attached hydrogen (secondary N) is 2. The topological polar surface area (TPSA) is 124 Å². The Hall–Kier alpha value is -3.16. The molecule has 172 valence electrons. The molecule has 0 bridgehead atoms. The minimum Gasteiger partial charge on any atom is -0.338 e. The van der Waals surface area contributed by atoms with Crippen molar-refractivity contribution in [2.75, 3.05) is 18.4 Å². The highest BCUT2D eigenvalue weighted by atomic mass is 32.2. The lowest BCUT2D eigenvalue weighted by atomic mass is 10.1. The van der Waals surface area contributed by atoms with Crippen molar-refractivity contribution in [3.63, 3.8) is 0 Å². The molecule has 1 unspecified atom stereocenters. The molecule has 1 saturated carbocycles. The highest BCUT2D eigenvalue weighted by Crippen LogP contribution is 2.43. The van der Waals surface area contributed by atoms with Crippen molar-refractivity contribution in [2.45, 2.75) is 50.0 Å². The van der Waals surface area contributed by atoms with E-state index < -0.39 is 10.0 Å². The maximum absolute atomic E-state index is 13.0. The van der Waals surface area contributed by atoms with E-state index in [9.17, 15) is 18.5 Å². The van der Waals surface area contributed by atoms with Gasteiger partial charge in [0.1, 0.15) is 5.39 Å². The summed E-state index contributed by atoms with van der Waals surface area (Å²) in [5, 5.41) is 17.6. The Morgan fingerprint density at radius 1 is 1.27 bits per heavy atom. The highest BCUT2D eigenvalue weighted by molar-refractivity contribution is 7.89. The number of sulfonamides is 1. The van der Waals surface area contributed by atoms with E-state index >= 15 is 0 Å². The standard InChI is InChI=1S/C23H26N6O3S/c1-15-14-17(6-7-20(15)33(31,32)28-12-2-3-13-28)26-22-21-19(9-11-25-23(21)30)29(27-22)18(8-10-24)16-4-5-16/h6-7,9,11,14,16,18H,2-5,8,12-13H2,1H3,(H,25,30)(H,26,27). The fourth-order valence-electron chi connectivity index (χ4n) is 4.69. The zero-order chi connectivity index (χ0) is 23.2. The van der Waals surface area contributed by atoms with Crippen LogP contribution in [0, 0.1) is 24.2 Å². The molecular weight excluding hydrogens is 440 g/mol. The van der Waals surface area contributed by atoms with Crippen molar-refractivity contribution < 1.29 is 8.42 Å². The number of H-pyrrole nitrogens is 1. The van der Waals surface area contributed by atoms with E-state index in [-0.39, 0.29) is 11.6 Å². The Morgan fingerprint density at radius 3 is 2.70 bits per heavy atom. The summed E-state index contributed by atoms with van der Waals surface area (Å²) < 4.78 is 29.3. The van der Waals surface area contributed by atoms with Crippen molar-refractivity contribution in [3.8, 4) is 6.07 Å². The number of benzene rings is 1. The summed E-state index contributed by atoms with van der Waals surface area (Å²) in [4.78, 5) is 15.7. The van der Waals surface area contributed by atoms with Crippen molar-refractivity contribution in [2.24, 2.45) is 5.92 Å². The highest BCUT2D eigenvalue weighted by Gasteiger charge is 2.34. The summed E-state index contributed by atoms with van der Waals surface area (Å²) >= 11 is 0. The largest absolute Gasteiger partial charge is 0.338 e. The molecule has 0 amide bonds. The van der Waals surface area contributed by atoms with E-state index in [0.717, 1.165) is 25.7 Å². The first kappa shape index (κ1) is 21.7. The predicted molar refractivity (Wildman–Crippen MR) is 125 cm³/mol. The fourth-order valence-corrected chi connectivity index (χ4v) is 6.41. The molecule has 3 aromatic rings. The van der Waals surface area contributed by atoms with Crippen LogP contribution in [0.2, 0.25) is 0 Å². The number of nitrogens with zero attached hydrogens (tertiary/aromatic N) is 4. The van der Waals surface area contributed by atoms with Crippen LogP contribution >= 0.6 is 0 Å². The second kappa shape index (κ2) is 8.32. The van der Waals surface area contributed by atoms with Crippen molar-refractivity contribution in [3.05, 3.63) is 46.4 Å². The Labute approximate surface area is 192 Å². The van der Waals surface area contributed by atoms with Crippen molar-refractivity contribution >= 4 is 32.4 Å². The zero-order valence-corrected chi connectivity index (χ0v) is 19.2. The first-order valence-electron chi connectivity index (χ1n) is 11.2. The SMILES string of the molecule is Cc1cc(Nc2nn(C(CC#N)C3CC3)c3cc[nH]c(=O)c23)ccc1S(=O)(=O)N1CCCC1. The predicted octanol–water partition coefficient (Wildman–Crippen LogP) is 3.43. The van der Waals surface area contributed by atoms with E-state index in [0.29, 0.717) is 58.3 Å². The molecule has 3 heterocycles. The average molecular weight is 467 g/mol. The van der Waals surface area contributed by atoms with E-state index in [1.807, 2.05) is 0 Å². The molecule has 1 atom stereocenters. The number of pyridine rings is 1. The second-order valence-electron chi connectivity index (χ2n) is 8.84. The third-order valence-electron chi connectivity index (χ3n) is 6.53. The van der Waals surface area contributed by atoms with Gasteiger partial charge in [-0.25, -0.2) is 8.42 Å². The van der Waals surface area contributed by atoms with Crippen molar-refractivity contribution in [1.29, 1.82) is 5.26 Å². The van der Waals surface area contributed by atoms with Crippen molar-refractivity contribution in [1.82, 2.24) is 19.1 Å². The number of nitriles is 1. The molecule has 33 heavy (non-hydrogen) atoms. The van der Waals surface area contributed by atoms with E-state index in [1.54, 1.807) is 42.1 Å². The maximum Gasteiger partial charge on any atom is 0.261 e. The monoisotopic (exact) mass is 466 g/mol. The zero-order valence-electron chi connectivity index (χ0n) is 18.4. The summed E-state index contributed by atoms with van der Waals surface area (Å²) in [7, 11) is -3.52. The fraction of sp³-hybridized carbons (Fsp3) is 0.435. The second-order valence-corrected chi connectivity index (χ2v) is 10.8. The first-order chi connectivity index (χ1) is 15.9. The summed E-state index contributed by atoms with van der Waals surface area (Å²) in [5.41, 5.74) is 1.69. The van der Waals surface area contributed by atoms with E-state index in [1.165, 1.54) is 4.31 Å². The minimum atomic E-state index is -3.52. The minimum absolute atomic E-state index is 0.0791. The Balaban J connectivity index is 1.51. The lowest BCUT2D eigenvalue weighted by Gasteiger charge is -2.17. The number of hydrogen-bond acceptors (Lipinski definition) is 6. The van der Waals surface area contributed by atoms with Gasteiger partial charge in [-0.05, 0) is 68.4 Å². The summed E-state index contributed by atoms with van der Waals surface area (Å²) in [5.74, 6) is 0.780. The number of aromatic amines is 1. The molecule has 10 heteroatoms. The maximum atomic E-state index is 13.0. The number of hydrogen-bond donors (Lipinski definition) is 2. The lowest BCUT2D eigenvalue weighted by Crippen LogP contribution is -2.28. The number of aryl methyl sites for hydroxylation is 1. The third kappa shape index (κ3) is 3.92. The Kier molecular flexibility index (Phi) is 5.46. The molecule has 5 rings (SSSR count). The van der Waals surface area contributed by atoms with Gasteiger partial charge >= 0.3 is 0 Å². The number of anilines is 2. The van der Waals surface area contributed by atoms with Crippen LogP contribution in [-0.2, 0) is 10.0 Å². The van der Waals surface area contributed by atoms with Gasteiger partial charge in [-0.1, -0.05) is 0 Å². The molecule has 1 aromatic carbocycles. The quantitative estimate of drug-likeness (QED) is 0.550. The molecule has 0 radical (unpaired) electrons. The molecule has 1 saturated heterocycles. The van der Waals surface area contributed by atoms with Crippen LogP contribution in [-0.4, -0.2) is 40.6 Å². The molecule has 1 aliphatic heterocycles. The van der Waals surface area contributed by atoms with Crippen LogP contribution in [0.15, 0.2) is 40.2 Å². The summed E-state index contributed by atoms with van der Waals surface area (Å²) in [6.45, 7) is 2.88. The van der Waals surface area contributed by atoms with Gasteiger partial charge in [0.25, 0.3) is 5.56 Å². The average Bonchev–Trinajstić information content (AvgIpc) is 3.32. The summed E-state index contributed by atoms with van der Waals surface area (Å²) in [6.07, 6.45) is 5.78. The van der Waals surface area contributed by atoms with Gasteiger partial charge in [-0.15, -0.1) is 0 Å². The van der Waals surface area contributed by atoms with Crippen LogP contribution in [0.3, 0.4) is 0 Å². The van der Waals surface area contributed by atoms with E-state index in [4.69, 9.17) is 5.10 Å². The molecule has 2 N–H and O–H groups in total. The molecular formula is C23H26N6O3S. The lowest BCUT2D eigenvalue weighted by molar-refractivity contribution is 0.426. The molecule has 2 fully saturated rings. The van der Waals surface area contributed by atoms with Crippen LogP contribution < -0.4 is 10.9 Å². The van der Waals surface area contributed by atoms with E-state index in [2.05, 4.69) is 16.4 Å². The van der Waals surface area contributed by atoms with Crippen LogP contribution in [0.25, 0.3) is 10.9 Å². The van der Waals surface area contributed by atoms with Crippen LogP contribution in [0.5, 0.6) is 0 Å². The molecule has 1 aliphatic carbocycles. The first-order valence-corrected chi connectivity index (χ1v) is 12.7. The number of rotatable bonds is 7. The third-order valence-corrected chi connectivity index (χ3v) is 8.59. The van der Waals surface area contributed by atoms with Crippen LogP contribution in [0.1, 0.15) is 43.7 Å². The van der Waals surface area contributed by atoms with Gasteiger partial charge in [-0.2, -0.15) is 14.7 Å². The summed E-state index contributed by atoms with van der Waals surface area (Å²) in [6, 6.07) is 9.04.